The summed E-state index contributed by atoms with van der Waals surface area (Å²) in [6, 6.07) is 17.5. The van der Waals surface area contributed by atoms with E-state index in [4.69, 9.17) is 49.0 Å². The Bertz CT molecular complexity index is 1120. The minimum absolute atomic E-state index is 0.196. The normalized spacial score (nSPS) is 10.8. The molecule has 0 bridgehead atoms. The monoisotopic (exact) mass is 506 g/mol. The fraction of sp³-hybridized carbons (Fsp3) is 0.167. The summed E-state index contributed by atoms with van der Waals surface area (Å²) in [6.07, 6.45) is 1.45. The van der Waals surface area contributed by atoms with Crippen LogP contribution in [0.5, 0.6) is 17.2 Å². The van der Waals surface area contributed by atoms with Gasteiger partial charge in [0.2, 0.25) is 0 Å². The minimum Gasteiger partial charge on any atom is -0.490 e. The third-order valence-electron chi connectivity index (χ3n) is 4.25. The van der Waals surface area contributed by atoms with Crippen LogP contribution in [0.4, 0.5) is 0 Å². The van der Waals surface area contributed by atoms with Crippen molar-refractivity contribution in [1.29, 1.82) is 0 Å². The van der Waals surface area contributed by atoms with Gasteiger partial charge in [0.15, 0.2) is 18.1 Å². The third-order valence-corrected chi connectivity index (χ3v) is 5.15. The Morgan fingerprint density at radius 2 is 1.73 bits per heavy atom. The first kappa shape index (κ1) is 24.7. The van der Waals surface area contributed by atoms with Crippen molar-refractivity contribution in [2.24, 2.45) is 5.10 Å². The molecule has 9 heteroatoms. The van der Waals surface area contributed by atoms with Crippen LogP contribution in [0.2, 0.25) is 15.1 Å². The molecule has 0 radical (unpaired) electrons. The first-order valence-corrected chi connectivity index (χ1v) is 11.1. The van der Waals surface area contributed by atoms with Gasteiger partial charge in [0.1, 0.15) is 12.4 Å². The van der Waals surface area contributed by atoms with Crippen molar-refractivity contribution in [3.05, 3.63) is 86.9 Å². The topological polar surface area (TPSA) is 69.2 Å². The maximum Gasteiger partial charge on any atom is 0.277 e. The van der Waals surface area contributed by atoms with Crippen molar-refractivity contribution in [3.8, 4) is 17.2 Å². The fourth-order valence-electron chi connectivity index (χ4n) is 2.72. The van der Waals surface area contributed by atoms with Crippen LogP contribution in [0.15, 0.2) is 65.8 Å². The summed E-state index contributed by atoms with van der Waals surface area (Å²) in [5.41, 5.74) is 3.84. The highest BCUT2D eigenvalue weighted by atomic mass is 35.5. The highest BCUT2D eigenvalue weighted by molar-refractivity contribution is 6.32. The Balaban J connectivity index is 1.61. The maximum absolute atomic E-state index is 12.0. The summed E-state index contributed by atoms with van der Waals surface area (Å²) in [5, 5.41) is 5.47. The second-order valence-corrected chi connectivity index (χ2v) is 7.93. The molecular weight excluding hydrogens is 487 g/mol. The SMILES string of the molecule is CCOc1cc(/C=N\NC(=O)COc2ccc(Cl)cc2)cc(Cl)c1OCc1ccccc1Cl. The quantitative estimate of drug-likeness (QED) is 0.264. The van der Waals surface area contributed by atoms with Crippen LogP contribution in [-0.4, -0.2) is 25.3 Å². The zero-order valence-electron chi connectivity index (χ0n) is 17.7. The zero-order chi connectivity index (χ0) is 23.6. The Labute approximate surface area is 207 Å². The molecule has 3 rings (SSSR count). The second kappa shape index (κ2) is 12.3. The van der Waals surface area contributed by atoms with Gasteiger partial charge in [0.25, 0.3) is 5.91 Å². The van der Waals surface area contributed by atoms with Crippen LogP contribution in [0, 0.1) is 0 Å². The molecule has 0 unspecified atom stereocenters. The van der Waals surface area contributed by atoms with E-state index in [-0.39, 0.29) is 13.2 Å². The Kier molecular flexibility index (Phi) is 9.24. The number of hydrogen-bond acceptors (Lipinski definition) is 5. The van der Waals surface area contributed by atoms with Crippen molar-refractivity contribution in [3.63, 3.8) is 0 Å². The lowest BCUT2D eigenvalue weighted by Crippen LogP contribution is -2.24. The molecule has 6 nitrogen and oxygen atoms in total. The van der Waals surface area contributed by atoms with Crippen molar-refractivity contribution in [2.75, 3.05) is 13.2 Å². The van der Waals surface area contributed by atoms with E-state index in [0.717, 1.165) is 5.56 Å². The molecule has 0 heterocycles. The summed E-state index contributed by atoms with van der Waals surface area (Å²) in [4.78, 5) is 12.0. The molecule has 0 spiro atoms. The number of nitrogens with zero attached hydrogens (tertiary/aromatic N) is 1. The van der Waals surface area contributed by atoms with Gasteiger partial charge >= 0.3 is 0 Å². The molecule has 3 aromatic carbocycles. The largest absolute Gasteiger partial charge is 0.490 e. The van der Waals surface area contributed by atoms with E-state index in [1.807, 2.05) is 25.1 Å². The standard InChI is InChI=1S/C24H21Cl3N2O4/c1-2-31-22-12-16(11-21(27)24(22)33-14-17-5-3-4-6-20(17)26)13-28-29-23(30)15-32-19-9-7-18(25)8-10-19/h3-13H,2,14-15H2,1H3,(H,29,30)/b28-13-. The smallest absolute Gasteiger partial charge is 0.277 e. The maximum atomic E-state index is 12.0. The molecule has 33 heavy (non-hydrogen) atoms. The first-order chi connectivity index (χ1) is 16.0. The number of benzene rings is 3. The summed E-state index contributed by atoms with van der Waals surface area (Å²) in [7, 11) is 0. The van der Waals surface area contributed by atoms with Gasteiger partial charge in [-0.05, 0) is 55.0 Å². The Morgan fingerprint density at radius 3 is 2.45 bits per heavy atom. The van der Waals surface area contributed by atoms with Gasteiger partial charge in [-0.25, -0.2) is 5.43 Å². The van der Waals surface area contributed by atoms with Crippen LogP contribution in [0.1, 0.15) is 18.1 Å². The molecule has 1 N–H and O–H groups in total. The van der Waals surface area contributed by atoms with Crippen LogP contribution in [0.25, 0.3) is 0 Å². The first-order valence-electron chi connectivity index (χ1n) is 9.99. The van der Waals surface area contributed by atoms with Crippen molar-refractivity contribution in [1.82, 2.24) is 5.43 Å². The van der Waals surface area contributed by atoms with Crippen molar-refractivity contribution < 1.29 is 19.0 Å². The lowest BCUT2D eigenvalue weighted by molar-refractivity contribution is -0.123. The van der Waals surface area contributed by atoms with Gasteiger partial charge in [0.05, 0.1) is 17.8 Å². The Hall–Kier alpha value is -2.93. The molecule has 0 aliphatic rings. The van der Waals surface area contributed by atoms with Gasteiger partial charge in [-0.2, -0.15) is 5.10 Å². The van der Waals surface area contributed by atoms with Crippen LogP contribution in [0.3, 0.4) is 0 Å². The van der Waals surface area contributed by atoms with E-state index in [0.29, 0.717) is 44.5 Å². The molecule has 3 aromatic rings. The van der Waals surface area contributed by atoms with Crippen molar-refractivity contribution in [2.45, 2.75) is 13.5 Å². The van der Waals surface area contributed by atoms with Crippen LogP contribution in [-0.2, 0) is 11.4 Å². The molecule has 172 valence electrons. The molecule has 0 aliphatic carbocycles. The molecule has 0 saturated heterocycles. The number of hydrazone groups is 1. The van der Waals surface area contributed by atoms with Crippen molar-refractivity contribution >= 4 is 46.9 Å². The number of carbonyl (C=O) groups is 1. The average molecular weight is 508 g/mol. The van der Waals surface area contributed by atoms with Gasteiger partial charge in [0, 0.05) is 15.6 Å². The van der Waals surface area contributed by atoms with Gasteiger partial charge in [-0.3, -0.25) is 4.79 Å². The van der Waals surface area contributed by atoms with Gasteiger partial charge < -0.3 is 14.2 Å². The van der Waals surface area contributed by atoms with E-state index in [2.05, 4.69) is 10.5 Å². The van der Waals surface area contributed by atoms with E-state index < -0.39 is 5.91 Å². The average Bonchev–Trinajstić information content (AvgIpc) is 2.79. The summed E-state index contributed by atoms with van der Waals surface area (Å²) in [5.74, 6) is 0.961. The highest BCUT2D eigenvalue weighted by Gasteiger charge is 2.13. The zero-order valence-corrected chi connectivity index (χ0v) is 20.0. The summed E-state index contributed by atoms with van der Waals surface area (Å²) >= 11 is 18.4. The molecular formula is C24H21Cl3N2O4. The predicted molar refractivity (Wildman–Crippen MR) is 131 cm³/mol. The van der Waals surface area contributed by atoms with Crippen LogP contribution < -0.4 is 19.6 Å². The van der Waals surface area contributed by atoms with E-state index >= 15 is 0 Å². The third kappa shape index (κ3) is 7.56. The number of amides is 1. The molecule has 0 atom stereocenters. The number of carbonyl (C=O) groups excluding carboxylic acids is 1. The molecule has 0 aliphatic heterocycles. The molecule has 0 saturated carbocycles. The molecule has 1 amide bonds. The summed E-state index contributed by atoms with van der Waals surface area (Å²) in [6.45, 7) is 2.31. The van der Waals surface area contributed by atoms with E-state index in [1.165, 1.54) is 6.21 Å². The second-order valence-electron chi connectivity index (χ2n) is 6.68. The number of nitrogens with one attached hydrogen (secondary N) is 1. The number of hydrogen-bond donors (Lipinski definition) is 1. The lowest BCUT2D eigenvalue weighted by Gasteiger charge is -2.15. The summed E-state index contributed by atoms with van der Waals surface area (Å²) < 4.78 is 16.9. The van der Waals surface area contributed by atoms with Gasteiger partial charge in [-0.15, -0.1) is 0 Å². The Morgan fingerprint density at radius 1 is 0.970 bits per heavy atom. The molecule has 0 aromatic heterocycles. The van der Waals surface area contributed by atoms with E-state index in [1.54, 1.807) is 42.5 Å². The number of halogens is 3. The van der Waals surface area contributed by atoms with Gasteiger partial charge in [-0.1, -0.05) is 53.0 Å². The highest BCUT2D eigenvalue weighted by Crippen LogP contribution is 2.37. The van der Waals surface area contributed by atoms with E-state index in [9.17, 15) is 4.79 Å². The number of ether oxygens (including phenoxy) is 3. The fourth-order valence-corrected chi connectivity index (χ4v) is 3.31. The minimum atomic E-state index is -0.419. The number of rotatable bonds is 10. The molecule has 0 fully saturated rings. The van der Waals surface area contributed by atoms with Crippen LogP contribution >= 0.6 is 34.8 Å². The predicted octanol–water partition coefficient (Wildman–Crippen LogP) is 6.15. The lowest BCUT2D eigenvalue weighted by atomic mass is 10.2.